The number of fused-ring (bicyclic) bond motifs is 2. The molecule has 3 aromatic carbocycles. The SMILES string of the molecule is CCn1cc(/C=C2/Oc3cc(OC(=O)c4ccc(OC)c(OC)c4)ccc3C2=O)c2cc(OC)ccc21. The van der Waals surface area contributed by atoms with Crippen molar-refractivity contribution in [2.75, 3.05) is 21.3 Å². The minimum absolute atomic E-state index is 0.191. The van der Waals surface area contributed by atoms with Crippen LogP contribution in [0.5, 0.6) is 28.7 Å². The summed E-state index contributed by atoms with van der Waals surface area (Å²) in [7, 11) is 4.62. The van der Waals surface area contributed by atoms with Crippen LogP contribution in [0.25, 0.3) is 17.0 Å². The van der Waals surface area contributed by atoms with Crippen LogP contribution in [0.2, 0.25) is 0 Å². The van der Waals surface area contributed by atoms with Crippen LogP contribution in [0.1, 0.15) is 33.2 Å². The maximum absolute atomic E-state index is 13.1. The molecule has 0 saturated carbocycles. The number of carbonyl (C=O) groups is 2. The zero-order valence-corrected chi connectivity index (χ0v) is 20.9. The van der Waals surface area contributed by atoms with Gasteiger partial charge in [0.2, 0.25) is 5.78 Å². The number of carbonyl (C=O) groups excluding carboxylic acids is 2. The summed E-state index contributed by atoms with van der Waals surface area (Å²) in [6, 6.07) is 15.3. The van der Waals surface area contributed by atoms with Gasteiger partial charge < -0.3 is 28.3 Å². The molecule has 37 heavy (non-hydrogen) atoms. The standard InChI is InChI=1S/C29H25NO7/c1-5-30-16-18(22-14-19(33-2)8-10-23(22)30)13-27-28(31)21-9-7-20(15-25(21)37-27)36-29(32)17-6-11-24(34-3)26(12-17)35-4/h6-16H,5H2,1-4H3/b27-13+. The van der Waals surface area contributed by atoms with Crippen molar-refractivity contribution in [3.8, 4) is 28.7 Å². The van der Waals surface area contributed by atoms with Gasteiger partial charge in [0.15, 0.2) is 17.3 Å². The highest BCUT2D eigenvalue weighted by Crippen LogP contribution is 2.37. The zero-order chi connectivity index (χ0) is 26.1. The molecular weight excluding hydrogens is 474 g/mol. The van der Waals surface area contributed by atoms with E-state index in [-0.39, 0.29) is 17.3 Å². The molecule has 0 N–H and O–H groups in total. The Labute approximate surface area is 213 Å². The van der Waals surface area contributed by atoms with E-state index in [0.29, 0.717) is 28.4 Å². The van der Waals surface area contributed by atoms with E-state index < -0.39 is 5.97 Å². The summed E-state index contributed by atoms with van der Waals surface area (Å²) in [5.41, 5.74) is 2.56. The molecule has 1 aliphatic heterocycles. The molecule has 8 nitrogen and oxygen atoms in total. The summed E-state index contributed by atoms with van der Waals surface area (Å²) >= 11 is 0. The summed E-state index contributed by atoms with van der Waals surface area (Å²) in [6.07, 6.45) is 3.71. The molecule has 0 unspecified atom stereocenters. The minimum Gasteiger partial charge on any atom is -0.497 e. The zero-order valence-electron chi connectivity index (χ0n) is 20.9. The van der Waals surface area contributed by atoms with Crippen LogP contribution < -0.4 is 23.7 Å². The number of aromatic nitrogens is 1. The van der Waals surface area contributed by atoms with Crippen molar-refractivity contribution in [3.63, 3.8) is 0 Å². The van der Waals surface area contributed by atoms with E-state index in [1.807, 2.05) is 24.4 Å². The van der Waals surface area contributed by atoms with Gasteiger partial charge >= 0.3 is 5.97 Å². The number of allylic oxidation sites excluding steroid dienone is 1. The van der Waals surface area contributed by atoms with E-state index in [1.54, 1.807) is 37.5 Å². The Morgan fingerprint density at radius 3 is 2.43 bits per heavy atom. The number of hydrogen-bond acceptors (Lipinski definition) is 7. The van der Waals surface area contributed by atoms with E-state index in [1.165, 1.54) is 26.4 Å². The Morgan fingerprint density at radius 1 is 0.919 bits per heavy atom. The van der Waals surface area contributed by atoms with Crippen molar-refractivity contribution in [3.05, 3.63) is 83.2 Å². The van der Waals surface area contributed by atoms with Crippen molar-refractivity contribution in [1.82, 2.24) is 4.57 Å². The molecule has 1 aromatic heterocycles. The molecule has 0 fully saturated rings. The average Bonchev–Trinajstić information content (AvgIpc) is 3.43. The van der Waals surface area contributed by atoms with E-state index in [4.69, 9.17) is 23.7 Å². The van der Waals surface area contributed by atoms with Gasteiger partial charge in [-0.1, -0.05) is 0 Å². The number of nitrogens with zero attached hydrogens (tertiary/aromatic N) is 1. The molecule has 4 aromatic rings. The maximum atomic E-state index is 13.1. The van der Waals surface area contributed by atoms with Gasteiger partial charge in [-0.05, 0) is 61.5 Å². The van der Waals surface area contributed by atoms with Crippen LogP contribution in [0.4, 0.5) is 0 Å². The molecule has 0 aliphatic carbocycles. The molecule has 2 heterocycles. The summed E-state index contributed by atoms with van der Waals surface area (Å²) < 4.78 is 29.4. The number of esters is 1. The number of Topliss-reactive ketones (excluding diaryl/α,β-unsaturated/α-hetero) is 1. The third-order valence-corrected chi connectivity index (χ3v) is 6.22. The van der Waals surface area contributed by atoms with Gasteiger partial charge in [-0.15, -0.1) is 0 Å². The molecule has 1 aliphatic rings. The summed E-state index contributed by atoms with van der Waals surface area (Å²) in [6.45, 7) is 2.83. The Morgan fingerprint density at radius 2 is 1.70 bits per heavy atom. The van der Waals surface area contributed by atoms with Gasteiger partial charge in [-0.3, -0.25) is 4.79 Å². The topological polar surface area (TPSA) is 85.2 Å². The second-order valence-corrected chi connectivity index (χ2v) is 8.31. The Kier molecular flexibility index (Phi) is 6.31. The smallest absolute Gasteiger partial charge is 0.343 e. The first-order chi connectivity index (χ1) is 17.9. The minimum atomic E-state index is -0.581. The molecule has 8 heteroatoms. The number of rotatable bonds is 7. The highest BCUT2D eigenvalue weighted by molar-refractivity contribution is 6.15. The van der Waals surface area contributed by atoms with Gasteiger partial charge in [-0.25, -0.2) is 4.79 Å². The fourth-order valence-electron chi connectivity index (χ4n) is 4.31. The van der Waals surface area contributed by atoms with E-state index in [2.05, 4.69) is 11.5 Å². The molecule has 188 valence electrons. The predicted octanol–water partition coefficient (Wildman–Crippen LogP) is 5.52. The Hall–Kier alpha value is -4.72. The lowest BCUT2D eigenvalue weighted by atomic mass is 10.1. The highest BCUT2D eigenvalue weighted by atomic mass is 16.5. The quantitative estimate of drug-likeness (QED) is 0.188. The van der Waals surface area contributed by atoms with E-state index in [0.717, 1.165) is 28.8 Å². The van der Waals surface area contributed by atoms with E-state index >= 15 is 0 Å². The number of benzene rings is 3. The number of aryl methyl sites for hydroxylation is 1. The maximum Gasteiger partial charge on any atom is 0.343 e. The largest absolute Gasteiger partial charge is 0.497 e. The summed E-state index contributed by atoms with van der Waals surface area (Å²) in [4.78, 5) is 25.8. The average molecular weight is 500 g/mol. The molecule has 0 spiro atoms. The molecule has 5 rings (SSSR count). The molecule has 0 atom stereocenters. The molecule has 0 radical (unpaired) electrons. The Balaban J connectivity index is 1.41. The molecule has 0 bridgehead atoms. The van der Waals surface area contributed by atoms with E-state index in [9.17, 15) is 9.59 Å². The number of hydrogen-bond donors (Lipinski definition) is 0. The lowest BCUT2D eigenvalue weighted by Crippen LogP contribution is -2.09. The molecule has 0 amide bonds. The first-order valence-corrected chi connectivity index (χ1v) is 11.6. The fraction of sp³-hybridized carbons (Fsp3) is 0.172. The lowest BCUT2D eigenvalue weighted by molar-refractivity contribution is 0.0734. The highest BCUT2D eigenvalue weighted by Gasteiger charge is 2.28. The van der Waals surface area contributed by atoms with Gasteiger partial charge in [0.05, 0.1) is 32.5 Å². The monoisotopic (exact) mass is 499 g/mol. The summed E-state index contributed by atoms with van der Waals surface area (Å²) in [5.74, 6) is 1.58. The Bertz CT molecular complexity index is 1560. The second kappa shape index (κ2) is 9.73. The van der Waals surface area contributed by atoms with Crippen LogP contribution in [0.15, 0.2) is 66.6 Å². The van der Waals surface area contributed by atoms with Gasteiger partial charge in [0.1, 0.15) is 17.2 Å². The second-order valence-electron chi connectivity index (χ2n) is 8.31. The van der Waals surface area contributed by atoms with Crippen molar-refractivity contribution >= 4 is 28.7 Å². The van der Waals surface area contributed by atoms with Gasteiger partial charge in [0.25, 0.3) is 0 Å². The number of methoxy groups -OCH3 is 3. The molecular formula is C29H25NO7. The summed E-state index contributed by atoms with van der Waals surface area (Å²) in [5, 5.41) is 0.950. The van der Waals surface area contributed by atoms with Crippen LogP contribution in [-0.4, -0.2) is 37.6 Å². The third kappa shape index (κ3) is 4.38. The van der Waals surface area contributed by atoms with Crippen LogP contribution in [0.3, 0.4) is 0 Å². The van der Waals surface area contributed by atoms with Crippen LogP contribution in [0, 0.1) is 0 Å². The van der Waals surface area contributed by atoms with Gasteiger partial charge in [0, 0.05) is 35.3 Å². The van der Waals surface area contributed by atoms with Crippen molar-refractivity contribution in [1.29, 1.82) is 0 Å². The predicted molar refractivity (Wildman–Crippen MR) is 138 cm³/mol. The van der Waals surface area contributed by atoms with Crippen LogP contribution >= 0.6 is 0 Å². The molecule has 0 saturated heterocycles. The first kappa shape index (κ1) is 24.0. The number of ether oxygens (including phenoxy) is 5. The third-order valence-electron chi connectivity index (χ3n) is 6.22. The van der Waals surface area contributed by atoms with Crippen molar-refractivity contribution in [2.24, 2.45) is 0 Å². The van der Waals surface area contributed by atoms with Gasteiger partial charge in [-0.2, -0.15) is 0 Å². The fourth-order valence-corrected chi connectivity index (χ4v) is 4.31. The normalized spacial score (nSPS) is 13.4. The first-order valence-electron chi connectivity index (χ1n) is 11.6. The number of ketones is 1. The lowest BCUT2D eigenvalue weighted by Gasteiger charge is -2.10. The van der Waals surface area contributed by atoms with Crippen molar-refractivity contribution < 1.29 is 33.3 Å². The van der Waals surface area contributed by atoms with Crippen molar-refractivity contribution in [2.45, 2.75) is 13.5 Å². The van der Waals surface area contributed by atoms with Crippen LogP contribution in [-0.2, 0) is 6.54 Å².